The van der Waals surface area contributed by atoms with E-state index in [1.807, 2.05) is 12.1 Å². The van der Waals surface area contributed by atoms with Crippen molar-refractivity contribution in [3.8, 4) is 0 Å². The second-order valence-corrected chi connectivity index (χ2v) is 4.11. The van der Waals surface area contributed by atoms with Gasteiger partial charge in [0.05, 0.1) is 11.1 Å². The smallest absolute Gasteiger partial charge is 0.335 e. The Labute approximate surface area is 105 Å². The van der Waals surface area contributed by atoms with Crippen molar-refractivity contribution >= 4 is 16.9 Å². The fourth-order valence-electron chi connectivity index (χ4n) is 1.84. The van der Waals surface area contributed by atoms with Gasteiger partial charge in [-0.25, -0.2) is 4.79 Å². The van der Waals surface area contributed by atoms with Crippen LogP contribution in [0.2, 0.25) is 0 Å². The van der Waals surface area contributed by atoms with Crippen LogP contribution in [0.1, 0.15) is 22.5 Å². The molecule has 94 valence electrons. The van der Waals surface area contributed by atoms with E-state index in [9.17, 15) is 4.79 Å². The van der Waals surface area contributed by atoms with Crippen LogP contribution < -0.4 is 0 Å². The zero-order valence-corrected chi connectivity index (χ0v) is 10.2. The van der Waals surface area contributed by atoms with E-state index in [4.69, 9.17) is 9.84 Å². The number of carboxylic acids is 1. The van der Waals surface area contributed by atoms with Crippen molar-refractivity contribution in [2.24, 2.45) is 0 Å². The summed E-state index contributed by atoms with van der Waals surface area (Å²) in [6.45, 7) is 0.720. The number of carboxylic acid groups (broad SMARTS) is 1. The van der Waals surface area contributed by atoms with Crippen molar-refractivity contribution in [3.05, 3.63) is 41.6 Å². The molecule has 1 heterocycles. The van der Waals surface area contributed by atoms with Gasteiger partial charge in [0.1, 0.15) is 0 Å². The first-order valence-corrected chi connectivity index (χ1v) is 5.82. The number of hydrogen-bond donors (Lipinski definition) is 1. The zero-order chi connectivity index (χ0) is 13.0. The quantitative estimate of drug-likeness (QED) is 0.822. The largest absolute Gasteiger partial charge is 0.478 e. The minimum atomic E-state index is -0.916. The average Bonchev–Trinajstić information content (AvgIpc) is 2.38. The van der Waals surface area contributed by atoms with Crippen LogP contribution in [-0.4, -0.2) is 29.8 Å². The van der Waals surface area contributed by atoms with Gasteiger partial charge in [-0.2, -0.15) is 0 Å². The zero-order valence-electron chi connectivity index (χ0n) is 10.2. The van der Waals surface area contributed by atoms with Gasteiger partial charge in [0.15, 0.2) is 0 Å². The number of nitrogens with zero attached hydrogens (tertiary/aromatic N) is 1. The molecule has 4 heteroatoms. The van der Waals surface area contributed by atoms with Crippen molar-refractivity contribution in [2.45, 2.75) is 12.8 Å². The summed E-state index contributed by atoms with van der Waals surface area (Å²) >= 11 is 0. The molecule has 1 aromatic heterocycles. The highest BCUT2D eigenvalue weighted by atomic mass is 16.5. The molecule has 4 nitrogen and oxygen atoms in total. The van der Waals surface area contributed by atoms with Crippen LogP contribution in [0, 0.1) is 0 Å². The lowest BCUT2D eigenvalue weighted by atomic mass is 10.1. The van der Waals surface area contributed by atoms with E-state index in [1.54, 1.807) is 25.3 Å². The molecule has 0 fully saturated rings. The highest BCUT2D eigenvalue weighted by Crippen LogP contribution is 2.15. The van der Waals surface area contributed by atoms with Crippen LogP contribution >= 0.6 is 0 Å². The first-order valence-electron chi connectivity index (χ1n) is 5.82. The standard InChI is InChI=1S/C14H15NO3/c1-18-8-2-3-12-6-4-10-9-11(14(16)17)5-7-13(10)15-12/h4-7,9H,2-3,8H2,1H3,(H,16,17). The summed E-state index contributed by atoms with van der Waals surface area (Å²) in [5.74, 6) is -0.916. The van der Waals surface area contributed by atoms with Gasteiger partial charge < -0.3 is 9.84 Å². The van der Waals surface area contributed by atoms with Crippen molar-refractivity contribution < 1.29 is 14.6 Å². The highest BCUT2D eigenvalue weighted by Gasteiger charge is 2.04. The van der Waals surface area contributed by atoms with Crippen LogP contribution in [0.5, 0.6) is 0 Å². The Bertz CT molecular complexity index is 566. The molecule has 0 radical (unpaired) electrons. The lowest BCUT2D eigenvalue weighted by Gasteiger charge is -2.03. The van der Waals surface area contributed by atoms with Gasteiger partial charge in [-0.3, -0.25) is 4.98 Å². The summed E-state index contributed by atoms with van der Waals surface area (Å²) in [6.07, 6.45) is 1.80. The molecule has 1 aromatic carbocycles. The Morgan fingerprint density at radius 3 is 2.89 bits per heavy atom. The monoisotopic (exact) mass is 245 g/mol. The van der Waals surface area contributed by atoms with Crippen LogP contribution in [0.3, 0.4) is 0 Å². The molecular weight excluding hydrogens is 230 g/mol. The first-order chi connectivity index (χ1) is 8.70. The van der Waals surface area contributed by atoms with Crippen LogP contribution in [0.4, 0.5) is 0 Å². The van der Waals surface area contributed by atoms with E-state index in [-0.39, 0.29) is 5.56 Å². The summed E-state index contributed by atoms with van der Waals surface area (Å²) in [5, 5.41) is 9.76. The number of pyridine rings is 1. The van der Waals surface area contributed by atoms with Crippen LogP contribution in [0.25, 0.3) is 10.9 Å². The Morgan fingerprint density at radius 1 is 1.33 bits per heavy atom. The molecule has 18 heavy (non-hydrogen) atoms. The second kappa shape index (κ2) is 5.60. The predicted molar refractivity (Wildman–Crippen MR) is 68.9 cm³/mol. The lowest BCUT2D eigenvalue weighted by molar-refractivity contribution is 0.0697. The summed E-state index contributed by atoms with van der Waals surface area (Å²) in [5.41, 5.74) is 2.12. The van der Waals surface area contributed by atoms with Gasteiger partial charge in [0, 0.05) is 24.8 Å². The molecule has 0 bridgehead atoms. The van der Waals surface area contributed by atoms with E-state index in [0.29, 0.717) is 0 Å². The van der Waals surface area contributed by atoms with E-state index in [2.05, 4.69) is 4.98 Å². The van der Waals surface area contributed by atoms with Crippen molar-refractivity contribution in [1.29, 1.82) is 0 Å². The molecule has 2 rings (SSSR count). The summed E-state index contributed by atoms with van der Waals surface area (Å²) in [7, 11) is 1.68. The Morgan fingerprint density at radius 2 is 2.17 bits per heavy atom. The number of aryl methyl sites for hydroxylation is 1. The number of ether oxygens (including phenoxy) is 1. The van der Waals surface area contributed by atoms with Crippen molar-refractivity contribution in [2.75, 3.05) is 13.7 Å². The minimum absolute atomic E-state index is 0.288. The number of aromatic nitrogens is 1. The van der Waals surface area contributed by atoms with Crippen molar-refractivity contribution in [3.63, 3.8) is 0 Å². The van der Waals surface area contributed by atoms with E-state index >= 15 is 0 Å². The highest BCUT2D eigenvalue weighted by molar-refractivity contribution is 5.93. The lowest BCUT2D eigenvalue weighted by Crippen LogP contribution is -1.98. The van der Waals surface area contributed by atoms with Crippen LogP contribution in [0.15, 0.2) is 30.3 Å². The van der Waals surface area contributed by atoms with Crippen molar-refractivity contribution in [1.82, 2.24) is 4.98 Å². The minimum Gasteiger partial charge on any atom is -0.478 e. The number of carbonyl (C=O) groups is 1. The van der Waals surface area contributed by atoms with Gasteiger partial charge in [-0.15, -0.1) is 0 Å². The Kier molecular flexibility index (Phi) is 3.89. The summed E-state index contributed by atoms with van der Waals surface area (Å²) < 4.78 is 5.00. The Hall–Kier alpha value is -1.94. The molecule has 0 aliphatic heterocycles. The van der Waals surface area contributed by atoms with Gasteiger partial charge in [0.25, 0.3) is 0 Å². The average molecular weight is 245 g/mol. The molecule has 0 saturated heterocycles. The molecule has 0 aliphatic rings. The molecule has 0 amide bonds. The van der Waals surface area contributed by atoms with Gasteiger partial charge in [-0.1, -0.05) is 6.07 Å². The van der Waals surface area contributed by atoms with Gasteiger partial charge in [0.2, 0.25) is 0 Å². The predicted octanol–water partition coefficient (Wildman–Crippen LogP) is 2.51. The SMILES string of the molecule is COCCCc1ccc2cc(C(=O)O)ccc2n1. The first kappa shape index (κ1) is 12.5. The third kappa shape index (κ3) is 2.84. The van der Waals surface area contributed by atoms with E-state index in [0.717, 1.165) is 36.0 Å². The second-order valence-electron chi connectivity index (χ2n) is 4.11. The maximum absolute atomic E-state index is 10.9. The summed E-state index contributed by atoms with van der Waals surface area (Å²) in [6, 6.07) is 8.82. The van der Waals surface area contributed by atoms with Crippen LogP contribution in [-0.2, 0) is 11.2 Å². The summed E-state index contributed by atoms with van der Waals surface area (Å²) in [4.78, 5) is 15.4. The number of benzene rings is 1. The topological polar surface area (TPSA) is 59.4 Å². The number of rotatable bonds is 5. The molecule has 2 aromatic rings. The van der Waals surface area contributed by atoms with E-state index in [1.165, 1.54) is 0 Å². The number of aromatic carboxylic acids is 1. The third-order valence-electron chi connectivity index (χ3n) is 2.78. The molecule has 0 spiro atoms. The molecule has 0 aliphatic carbocycles. The number of fused-ring (bicyclic) bond motifs is 1. The normalized spacial score (nSPS) is 10.7. The van der Waals surface area contributed by atoms with Gasteiger partial charge >= 0.3 is 5.97 Å². The maximum atomic E-state index is 10.9. The Balaban J connectivity index is 2.24. The molecule has 1 N–H and O–H groups in total. The maximum Gasteiger partial charge on any atom is 0.335 e. The molecule has 0 saturated carbocycles. The fraction of sp³-hybridized carbons (Fsp3) is 0.286. The number of methoxy groups -OCH3 is 1. The molecular formula is C14H15NO3. The number of hydrogen-bond acceptors (Lipinski definition) is 3. The molecule has 0 atom stereocenters. The van der Waals surface area contributed by atoms with Gasteiger partial charge in [-0.05, 0) is 37.1 Å². The fourth-order valence-corrected chi connectivity index (χ4v) is 1.84. The molecule has 0 unspecified atom stereocenters. The van der Waals surface area contributed by atoms with E-state index < -0.39 is 5.97 Å². The third-order valence-corrected chi connectivity index (χ3v) is 2.78.